The summed E-state index contributed by atoms with van der Waals surface area (Å²) in [4.78, 5) is 4.19. The van der Waals surface area contributed by atoms with Gasteiger partial charge in [-0.3, -0.25) is 0 Å². The second kappa shape index (κ2) is 6.34. The average Bonchev–Trinajstić information content (AvgIpc) is 2.59. The first kappa shape index (κ1) is 15.6. The topological polar surface area (TPSA) is 24.9 Å². The molecular formula is C17H27ClN2. The van der Waals surface area contributed by atoms with Crippen molar-refractivity contribution in [1.82, 2.24) is 4.98 Å². The molecule has 2 unspecified atom stereocenters. The lowest BCUT2D eigenvalue weighted by Crippen LogP contribution is -2.22. The van der Waals surface area contributed by atoms with Gasteiger partial charge in [0.1, 0.15) is 0 Å². The molecule has 0 aromatic carbocycles. The first-order chi connectivity index (χ1) is 9.38. The molecule has 2 atom stereocenters. The molecule has 2 rings (SSSR count). The third kappa shape index (κ3) is 3.88. The van der Waals surface area contributed by atoms with Crippen molar-refractivity contribution in [1.29, 1.82) is 0 Å². The van der Waals surface area contributed by atoms with Gasteiger partial charge < -0.3 is 5.32 Å². The minimum atomic E-state index is 0.427. The summed E-state index contributed by atoms with van der Waals surface area (Å²) in [7, 11) is 0. The molecule has 0 amide bonds. The lowest BCUT2D eigenvalue weighted by molar-refractivity contribution is 0.214. The van der Waals surface area contributed by atoms with Gasteiger partial charge in [-0.1, -0.05) is 38.8 Å². The van der Waals surface area contributed by atoms with Gasteiger partial charge in [0.2, 0.25) is 0 Å². The Morgan fingerprint density at radius 2 is 1.95 bits per heavy atom. The summed E-state index contributed by atoms with van der Waals surface area (Å²) >= 11 is 6.22. The first-order valence-electron chi connectivity index (χ1n) is 7.75. The van der Waals surface area contributed by atoms with Crippen LogP contribution in [-0.4, -0.2) is 11.0 Å². The van der Waals surface area contributed by atoms with Crippen molar-refractivity contribution in [2.24, 2.45) is 11.3 Å². The van der Waals surface area contributed by atoms with Gasteiger partial charge in [-0.05, 0) is 55.6 Å². The summed E-state index contributed by atoms with van der Waals surface area (Å²) in [5.74, 6) is 0.833. The van der Waals surface area contributed by atoms with Crippen molar-refractivity contribution in [3.63, 3.8) is 0 Å². The molecule has 112 valence electrons. The van der Waals surface area contributed by atoms with Gasteiger partial charge >= 0.3 is 0 Å². The maximum Gasteiger partial charge on any atom is 0.152 e. The number of pyridine rings is 1. The quantitative estimate of drug-likeness (QED) is 0.579. The Hall–Kier alpha value is -0.760. The molecule has 1 aromatic heterocycles. The van der Waals surface area contributed by atoms with Crippen LogP contribution in [0.15, 0.2) is 12.3 Å². The number of hydrogen-bond donors (Lipinski definition) is 1. The summed E-state index contributed by atoms with van der Waals surface area (Å²) in [6.45, 7) is 9.19. The number of nitrogens with zero attached hydrogens (tertiary/aromatic N) is 1. The van der Waals surface area contributed by atoms with Crippen LogP contribution in [0.25, 0.3) is 0 Å². The third-order valence-electron chi connectivity index (χ3n) is 4.66. The van der Waals surface area contributed by atoms with Gasteiger partial charge in [-0.25, -0.2) is 4.98 Å². The molecule has 1 aliphatic rings. The minimum absolute atomic E-state index is 0.427. The Labute approximate surface area is 128 Å². The van der Waals surface area contributed by atoms with E-state index in [1.165, 1.54) is 37.7 Å². The molecule has 0 radical (unpaired) electrons. The summed E-state index contributed by atoms with van der Waals surface area (Å²) in [5, 5.41) is 4.23. The molecule has 1 aliphatic carbocycles. The Balaban J connectivity index is 2.01. The average molecular weight is 295 g/mol. The monoisotopic (exact) mass is 294 g/mol. The van der Waals surface area contributed by atoms with E-state index in [1.54, 1.807) is 6.20 Å². The van der Waals surface area contributed by atoms with Crippen LogP contribution < -0.4 is 5.32 Å². The zero-order valence-corrected chi connectivity index (χ0v) is 13.9. The smallest absolute Gasteiger partial charge is 0.152 e. The van der Waals surface area contributed by atoms with Gasteiger partial charge in [-0.2, -0.15) is 0 Å². The van der Waals surface area contributed by atoms with Gasteiger partial charge in [0, 0.05) is 12.2 Å². The summed E-state index contributed by atoms with van der Waals surface area (Å²) in [6, 6.07) is 2.55. The van der Waals surface area contributed by atoms with Crippen LogP contribution in [0.3, 0.4) is 0 Å². The van der Waals surface area contributed by atoms with Crippen LogP contribution in [0.2, 0.25) is 5.15 Å². The van der Waals surface area contributed by atoms with E-state index in [0.717, 1.165) is 11.6 Å². The second-order valence-corrected chi connectivity index (χ2v) is 7.56. The fourth-order valence-electron chi connectivity index (χ4n) is 3.21. The highest BCUT2D eigenvalue weighted by Crippen LogP contribution is 2.37. The Kier molecular flexibility index (Phi) is 4.95. The highest BCUT2D eigenvalue weighted by atomic mass is 35.5. The van der Waals surface area contributed by atoms with Gasteiger partial charge in [0.05, 0.1) is 5.69 Å². The van der Waals surface area contributed by atoms with Crippen molar-refractivity contribution in [3.05, 3.63) is 23.0 Å². The molecule has 1 aromatic rings. The molecule has 20 heavy (non-hydrogen) atoms. The van der Waals surface area contributed by atoms with E-state index < -0.39 is 0 Å². The third-order valence-corrected chi connectivity index (χ3v) is 4.94. The molecule has 1 heterocycles. The molecule has 1 N–H and O–H groups in total. The normalized spacial score (nSPS) is 24.2. The summed E-state index contributed by atoms with van der Waals surface area (Å²) in [5.41, 5.74) is 2.63. The Bertz CT molecular complexity index is 431. The molecule has 1 saturated carbocycles. The molecule has 1 fully saturated rings. The van der Waals surface area contributed by atoms with E-state index in [2.05, 4.69) is 38.0 Å². The maximum absolute atomic E-state index is 6.22. The standard InChI is InChI=1S/C17H27ClN2/c1-12-10-11-19-16(18)15(12)20-14-7-5-6-13(8-9-14)17(2,3)4/h10-11,13-14,20H,5-9H2,1-4H3. The number of halogens is 1. The maximum atomic E-state index is 6.22. The molecule has 0 bridgehead atoms. The summed E-state index contributed by atoms with van der Waals surface area (Å²) < 4.78 is 0. The highest BCUT2D eigenvalue weighted by Gasteiger charge is 2.28. The van der Waals surface area contributed by atoms with Gasteiger partial charge in [-0.15, -0.1) is 0 Å². The SMILES string of the molecule is Cc1ccnc(Cl)c1NC1CCCC(C(C)(C)C)CC1. The van der Waals surface area contributed by atoms with Crippen molar-refractivity contribution in [2.45, 2.75) is 65.8 Å². The van der Waals surface area contributed by atoms with Crippen LogP contribution in [0.4, 0.5) is 5.69 Å². The zero-order valence-electron chi connectivity index (χ0n) is 13.2. The van der Waals surface area contributed by atoms with E-state index in [-0.39, 0.29) is 0 Å². The predicted octanol–water partition coefficient (Wildman–Crippen LogP) is 5.45. The second-order valence-electron chi connectivity index (χ2n) is 7.21. The van der Waals surface area contributed by atoms with Crippen LogP contribution >= 0.6 is 11.6 Å². The number of anilines is 1. The Morgan fingerprint density at radius 3 is 2.60 bits per heavy atom. The first-order valence-corrected chi connectivity index (χ1v) is 8.13. The van der Waals surface area contributed by atoms with Crippen LogP contribution in [0, 0.1) is 18.3 Å². The molecule has 0 saturated heterocycles. The lowest BCUT2D eigenvalue weighted by Gasteiger charge is -2.29. The van der Waals surface area contributed by atoms with E-state index in [4.69, 9.17) is 11.6 Å². The highest BCUT2D eigenvalue weighted by molar-refractivity contribution is 6.32. The van der Waals surface area contributed by atoms with Crippen molar-refractivity contribution >= 4 is 17.3 Å². The zero-order chi connectivity index (χ0) is 14.8. The van der Waals surface area contributed by atoms with E-state index in [9.17, 15) is 0 Å². The molecule has 0 aliphatic heterocycles. The number of aromatic nitrogens is 1. The van der Waals surface area contributed by atoms with E-state index in [0.29, 0.717) is 16.6 Å². The van der Waals surface area contributed by atoms with Gasteiger partial charge in [0.25, 0.3) is 0 Å². The number of hydrogen-bond acceptors (Lipinski definition) is 2. The lowest BCUT2D eigenvalue weighted by atomic mass is 9.76. The number of rotatable bonds is 2. The number of nitrogens with one attached hydrogen (secondary N) is 1. The van der Waals surface area contributed by atoms with Crippen LogP contribution in [0.1, 0.15) is 58.4 Å². The largest absolute Gasteiger partial charge is 0.380 e. The predicted molar refractivity (Wildman–Crippen MR) is 87.4 cm³/mol. The number of aryl methyl sites for hydroxylation is 1. The molecule has 3 heteroatoms. The van der Waals surface area contributed by atoms with Crippen LogP contribution in [0.5, 0.6) is 0 Å². The van der Waals surface area contributed by atoms with Crippen molar-refractivity contribution in [3.8, 4) is 0 Å². The minimum Gasteiger partial charge on any atom is -0.380 e. The molecule has 0 spiro atoms. The van der Waals surface area contributed by atoms with Crippen LogP contribution in [-0.2, 0) is 0 Å². The fourth-order valence-corrected chi connectivity index (χ4v) is 3.47. The molecular weight excluding hydrogens is 268 g/mol. The molecule has 2 nitrogen and oxygen atoms in total. The van der Waals surface area contributed by atoms with Crippen molar-refractivity contribution in [2.75, 3.05) is 5.32 Å². The van der Waals surface area contributed by atoms with E-state index >= 15 is 0 Å². The van der Waals surface area contributed by atoms with Gasteiger partial charge in [0.15, 0.2) is 5.15 Å². The Morgan fingerprint density at radius 1 is 1.20 bits per heavy atom. The van der Waals surface area contributed by atoms with E-state index in [1.807, 2.05) is 6.07 Å². The summed E-state index contributed by atoms with van der Waals surface area (Å²) in [6.07, 6.45) is 8.19. The van der Waals surface area contributed by atoms with Crippen molar-refractivity contribution < 1.29 is 0 Å². The fraction of sp³-hybridized carbons (Fsp3) is 0.706.